The van der Waals surface area contributed by atoms with Crippen LogP contribution in [0.25, 0.3) is 0 Å². The van der Waals surface area contributed by atoms with E-state index < -0.39 is 0 Å². The first kappa shape index (κ1) is 11.7. The summed E-state index contributed by atoms with van der Waals surface area (Å²) in [7, 11) is 0. The molecule has 0 fully saturated rings. The molecule has 0 saturated heterocycles. The molecule has 0 rings (SSSR count). The molecule has 12 heavy (non-hydrogen) atoms. The van der Waals surface area contributed by atoms with Crippen molar-refractivity contribution < 1.29 is 4.74 Å². The second-order valence-electron chi connectivity index (χ2n) is 3.40. The van der Waals surface area contributed by atoms with Crippen LogP contribution < -0.4 is 5.73 Å². The van der Waals surface area contributed by atoms with Crippen molar-refractivity contribution >= 4 is 0 Å². The van der Waals surface area contributed by atoms with E-state index in [-0.39, 0.29) is 6.04 Å². The molecular weight excluding hydrogens is 150 g/mol. The summed E-state index contributed by atoms with van der Waals surface area (Å²) in [6.45, 7) is 8.92. The van der Waals surface area contributed by atoms with Gasteiger partial charge in [0.15, 0.2) is 0 Å². The summed E-state index contributed by atoms with van der Waals surface area (Å²) >= 11 is 0. The molecule has 2 heteroatoms. The van der Waals surface area contributed by atoms with Crippen molar-refractivity contribution in [2.75, 3.05) is 6.61 Å². The van der Waals surface area contributed by atoms with E-state index in [9.17, 15) is 0 Å². The predicted octanol–water partition coefficient (Wildman–Crippen LogP) is 2.10. The summed E-state index contributed by atoms with van der Waals surface area (Å²) in [5.74, 6) is 0. The highest BCUT2D eigenvalue weighted by Gasteiger charge is 1.98. The molecule has 0 aliphatic rings. The average molecular weight is 171 g/mol. The van der Waals surface area contributed by atoms with Crippen LogP contribution in [0.15, 0.2) is 11.6 Å². The SMILES string of the molecule is CCC(C)OC/C(C)=C\C(C)N. The molecule has 72 valence electrons. The average Bonchev–Trinajstić information content (AvgIpc) is 1.99. The third kappa shape index (κ3) is 6.38. The van der Waals surface area contributed by atoms with Crippen LogP contribution in [0.3, 0.4) is 0 Å². The molecule has 2 N–H and O–H groups in total. The largest absolute Gasteiger partial charge is 0.374 e. The van der Waals surface area contributed by atoms with Crippen molar-refractivity contribution in [1.82, 2.24) is 0 Å². The standard InChI is InChI=1S/C10H21NO/c1-5-10(4)12-7-8(2)6-9(3)11/h6,9-10H,5,7,11H2,1-4H3/b8-6-. The molecule has 0 aliphatic carbocycles. The number of ether oxygens (including phenoxy) is 1. The lowest BCUT2D eigenvalue weighted by molar-refractivity contribution is 0.0807. The Morgan fingerprint density at radius 1 is 1.50 bits per heavy atom. The molecule has 0 aliphatic heterocycles. The van der Waals surface area contributed by atoms with E-state index in [1.165, 1.54) is 5.57 Å². The van der Waals surface area contributed by atoms with Crippen LogP contribution in [-0.2, 0) is 4.74 Å². The van der Waals surface area contributed by atoms with Crippen molar-refractivity contribution in [2.24, 2.45) is 5.73 Å². The van der Waals surface area contributed by atoms with E-state index >= 15 is 0 Å². The Morgan fingerprint density at radius 2 is 2.08 bits per heavy atom. The molecule has 2 unspecified atom stereocenters. The lowest BCUT2D eigenvalue weighted by Gasteiger charge is -2.11. The maximum absolute atomic E-state index is 5.60. The summed E-state index contributed by atoms with van der Waals surface area (Å²) in [6, 6.07) is 0.130. The molecule has 0 radical (unpaired) electrons. The number of rotatable bonds is 5. The van der Waals surface area contributed by atoms with E-state index in [4.69, 9.17) is 10.5 Å². The van der Waals surface area contributed by atoms with Crippen molar-refractivity contribution in [3.63, 3.8) is 0 Å². The van der Waals surface area contributed by atoms with Gasteiger partial charge in [-0.15, -0.1) is 0 Å². The van der Waals surface area contributed by atoms with Gasteiger partial charge >= 0.3 is 0 Å². The van der Waals surface area contributed by atoms with Crippen LogP contribution in [-0.4, -0.2) is 18.8 Å². The Morgan fingerprint density at radius 3 is 2.50 bits per heavy atom. The van der Waals surface area contributed by atoms with Crippen LogP contribution in [0.1, 0.15) is 34.1 Å². The Hall–Kier alpha value is -0.340. The minimum atomic E-state index is 0.130. The molecule has 0 saturated carbocycles. The third-order valence-corrected chi connectivity index (χ3v) is 1.72. The van der Waals surface area contributed by atoms with Gasteiger partial charge in [-0.1, -0.05) is 18.6 Å². The topological polar surface area (TPSA) is 35.2 Å². The first-order valence-corrected chi connectivity index (χ1v) is 4.60. The van der Waals surface area contributed by atoms with Gasteiger partial charge in [-0.2, -0.15) is 0 Å². The summed E-state index contributed by atoms with van der Waals surface area (Å²) in [4.78, 5) is 0. The van der Waals surface area contributed by atoms with Gasteiger partial charge in [0.25, 0.3) is 0 Å². The van der Waals surface area contributed by atoms with Gasteiger partial charge in [-0.25, -0.2) is 0 Å². The summed E-state index contributed by atoms with van der Waals surface area (Å²) < 4.78 is 5.53. The smallest absolute Gasteiger partial charge is 0.0678 e. The Balaban J connectivity index is 3.63. The van der Waals surface area contributed by atoms with Gasteiger partial charge in [-0.05, 0) is 27.2 Å². The zero-order chi connectivity index (χ0) is 9.56. The maximum atomic E-state index is 5.60. The molecular formula is C10H21NO. The molecule has 0 amide bonds. The van der Waals surface area contributed by atoms with Crippen LogP contribution in [0.5, 0.6) is 0 Å². The summed E-state index contributed by atoms with van der Waals surface area (Å²) in [6.07, 6.45) is 3.44. The van der Waals surface area contributed by atoms with Crippen molar-refractivity contribution in [2.45, 2.75) is 46.3 Å². The van der Waals surface area contributed by atoms with E-state index in [0.717, 1.165) is 6.42 Å². The van der Waals surface area contributed by atoms with Gasteiger partial charge in [0, 0.05) is 6.04 Å². The van der Waals surface area contributed by atoms with E-state index in [1.807, 2.05) is 19.9 Å². The Labute approximate surface area is 75.8 Å². The molecule has 0 aromatic rings. The molecule has 2 nitrogen and oxygen atoms in total. The molecule has 0 aromatic heterocycles. The fraction of sp³-hybridized carbons (Fsp3) is 0.800. The minimum absolute atomic E-state index is 0.130. The third-order valence-electron chi connectivity index (χ3n) is 1.72. The molecule has 0 heterocycles. The first-order valence-electron chi connectivity index (χ1n) is 4.60. The predicted molar refractivity (Wildman–Crippen MR) is 53.1 cm³/mol. The first-order chi connectivity index (χ1) is 5.56. The van der Waals surface area contributed by atoms with Crippen LogP contribution in [0.2, 0.25) is 0 Å². The van der Waals surface area contributed by atoms with Gasteiger partial charge in [-0.3, -0.25) is 0 Å². The Kier molecular flexibility index (Phi) is 6.03. The van der Waals surface area contributed by atoms with Gasteiger partial charge in [0.2, 0.25) is 0 Å². The van der Waals surface area contributed by atoms with Crippen LogP contribution in [0.4, 0.5) is 0 Å². The normalized spacial score (nSPS) is 17.6. The lowest BCUT2D eigenvalue weighted by atomic mass is 10.2. The Bertz CT molecular complexity index is 141. The zero-order valence-electron chi connectivity index (χ0n) is 8.63. The number of hydrogen-bond donors (Lipinski definition) is 1. The summed E-state index contributed by atoms with van der Waals surface area (Å²) in [5.41, 5.74) is 6.81. The van der Waals surface area contributed by atoms with Crippen LogP contribution >= 0.6 is 0 Å². The lowest BCUT2D eigenvalue weighted by Crippen LogP contribution is -2.14. The van der Waals surface area contributed by atoms with Gasteiger partial charge < -0.3 is 10.5 Å². The number of nitrogens with two attached hydrogens (primary N) is 1. The number of hydrogen-bond acceptors (Lipinski definition) is 2. The van der Waals surface area contributed by atoms with Gasteiger partial charge in [0.1, 0.15) is 0 Å². The monoisotopic (exact) mass is 171 g/mol. The quantitative estimate of drug-likeness (QED) is 0.643. The van der Waals surface area contributed by atoms with E-state index in [1.54, 1.807) is 0 Å². The molecule has 0 aromatic carbocycles. The fourth-order valence-electron chi connectivity index (χ4n) is 0.888. The van der Waals surface area contributed by atoms with Gasteiger partial charge in [0.05, 0.1) is 12.7 Å². The highest BCUT2D eigenvalue weighted by molar-refractivity contribution is 5.02. The second kappa shape index (κ2) is 6.21. The van der Waals surface area contributed by atoms with E-state index in [2.05, 4.69) is 13.8 Å². The fourth-order valence-corrected chi connectivity index (χ4v) is 0.888. The highest BCUT2D eigenvalue weighted by atomic mass is 16.5. The molecule has 2 atom stereocenters. The molecule has 0 spiro atoms. The second-order valence-corrected chi connectivity index (χ2v) is 3.40. The van der Waals surface area contributed by atoms with Crippen molar-refractivity contribution in [1.29, 1.82) is 0 Å². The molecule has 0 bridgehead atoms. The van der Waals surface area contributed by atoms with E-state index in [0.29, 0.717) is 12.7 Å². The maximum Gasteiger partial charge on any atom is 0.0678 e. The van der Waals surface area contributed by atoms with Crippen LogP contribution in [0, 0.1) is 0 Å². The highest BCUT2D eigenvalue weighted by Crippen LogP contribution is 2.01. The zero-order valence-corrected chi connectivity index (χ0v) is 8.63. The summed E-state index contributed by atoms with van der Waals surface area (Å²) in [5, 5.41) is 0. The van der Waals surface area contributed by atoms with Crippen molar-refractivity contribution in [3.8, 4) is 0 Å². The van der Waals surface area contributed by atoms with Crippen molar-refractivity contribution in [3.05, 3.63) is 11.6 Å². The minimum Gasteiger partial charge on any atom is -0.374 e.